The number of amides is 1. The van der Waals surface area contributed by atoms with E-state index in [1.165, 1.54) is 6.07 Å². The molecule has 0 bridgehead atoms. The first kappa shape index (κ1) is 28.2. The van der Waals surface area contributed by atoms with Crippen molar-refractivity contribution in [2.45, 2.75) is 83.5 Å². The topological polar surface area (TPSA) is 79.6 Å². The largest absolute Gasteiger partial charge is 0.381 e. The maximum Gasteiger partial charge on any atom is 0.238 e. The smallest absolute Gasteiger partial charge is 0.238 e. The number of benzene rings is 2. The zero-order valence-corrected chi connectivity index (χ0v) is 23.6. The Hall–Kier alpha value is -3.30. The quantitative estimate of drug-likeness (QED) is 0.321. The number of methoxy groups -OCH3 is 1. The van der Waals surface area contributed by atoms with E-state index in [1.807, 2.05) is 32.0 Å². The van der Waals surface area contributed by atoms with Crippen LogP contribution in [-0.2, 0) is 9.53 Å². The number of aromatic nitrogens is 1. The van der Waals surface area contributed by atoms with Gasteiger partial charge in [-0.1, -0.05) is 17.3 Å². The van der Waals surface area contributed by atoms with Crippen LogP contribution in [0.15, 0.2) is 40.9 Å². The summed E-state index contributed by atoms with van der Waals surface area (Å²) < 4.78 is 38.5. The van der Waals surface area contributed by atoms with Gasteiger partial charge in [0, 0.05) is 30.8 Å². The molecule has 2 heterocycles. The molecule has 214 valence electrons. The fourth-order valence-corrected chi connectivity index (χ4v) is 6.22. The van der Waals surface area contributed by atoms with Crippen LogP contribution < -0.4 is 10.6 Å². The molecule has 1 saturated carbocycles. The predicted octanol–water partition coefficient (Wildman–Crippen LogP) is 6.77. The number of nitrogens with one attached hydrogen (secondary N) is 2. The van der Waals surface area contributed by atoms with Gasteiger partial charge in [-0.05, 0) is 94.7 Å². The van der Waals surface area contributed by atoms with Crippen molar-refractivity contribution in [1.82, 2.24) is 10.1 Å². The molecule has 1 aliphatic carbocycles. The third-order valence-electron chi connectivity index (χ3n) is 8.46. The van der Waals surface area contributed by atoms with E-state index in [2.05, 4.69) is 27.6 Å². The fourth-order valence-electron chi connectivity index (χ4n) is 6.22. The number of carbonyl (C=O) groups is 1. The van der Waals surface area contributed by atoms with Gasteiger partial charge in [0.25, 0.3) is 0 Å². The second-order valence-electron chi connectivity index (χ2n) is 11.1. The van der Waals surface area contributed by atoms with Crippen LogP contribution in [0.5, 0.6) is 0 Å². The highest BCUT2D eigenvalue weighted by Crippen LogP contribution is 2.37. The SMILES string of the molecule is COC1CCC(Nc2ccc(-c3c(C)noc3C)cc2NC(=O)CN2[C@@H](C)CC[C@H]2c2ccc(F)c(F)c2)CC1. The van der Waals surface area contributed by atoms with Gasteiger partial charge in [-0.15, -0.1) is 0 Å². The van der Waals surface area contributed by atoms with E-state index in [0.29, 0.717) is 23.1 Å². The number of carbonyl (C=O) groups excluding carboxylic acids is 1. The highest BCUT2D eigenvalue weighted by molar-refractivity contribution is 5.96. The fraction of sp³-hybridized carbons (Fsp3) is 0.484. The molecule has 1 amide bonds. The molecule has 2 fully saturated rings. The van der Waals surface area contributed by atoms with Crippen LogP contribution in [0, 0.1) is 25.5 Å². The number of hydrogen-bond acceptors (Lipinski definition) is 6. The van der Waals surface area contributed by atoms with Crippen molar-refractivity contribution in [3.05, 3.63) is 65.1 Å². The van der Waals surface area contributed by atoms with Crippen LogP contribution >= 0.6 is 0 Å². The van der Waals surface area contributed by atoms with Crippen LogP contribution in [0.4, 0.5) is 20.2 Å². The summed E-state index contributed by atoms with van der Waals surface area (Å²) in [4.78, 5) is 15.6. The Morgan fingerprint density at radius 2 is 1.80 bits per heavy atom. The minimum absolute atomic E-state index is 0.131. The van der Waals surface area contributed by atoms with E-state index in [0.717, 1.165) is 67.1 Å². The van der Waals surface area contributed by atoms with Gasteiger partial charge < -0.3 is 19.9 Å². The zero-order valence-electron chi connectivity index (χ0n) is 23.6. The molecule has 0 radical (unpaired) electrons. The number of ether oxygens (including phenoxy) is 1. The molecular formula is C31H38F2N4O3. The third kappa shape index (κ3) is 6.05. The summed E-state index contributed by atoms with van der Waals surface area (Å²) in [6.45, 7) is 5.98. The Morgan fingerprint density at radius 1 is 1.02 bits per heavy atom. The van der Waals surface area contributed by atoms with Crippen molar-refractivity contribution >= 4 is 17.3 Å². The molecule has 9 heteroatoms. The molecule has 0 spiro atoms. The van der Waals surface area contributed by atoms with Gasteiger partial charge in [-0.2, -0.15) is 0 Å². The van der Waals surface area contributed by atoms with Gasteiger partial charge in [0.15, 0.2) is 11.6 Å². The van der Waals surface area contributed by atoms with Gasteiger partial charge in [-0.25, -0.2) is 8.78 Å². The second-order valence-corrected chi connectivity index (χ2v) is 11.1. The summed E-state index contributed by atoms with van der Waals surface area (Å²) in [5.74, 6) is -1.18. The van der Waals surface area contributed by atoms with Crippen molar-refractivity contribution in [1.29, 1.82) is 0 Å². The molecule has 40 heavy (non-hydrogen) atoms. The Balaban J connectivity index is 1.37. The maximum absolute atomic E-state index is 14.0. The average molecular weight is 553 g/mol. The molecule has 2 N–H and O–H groups in total. The molecule has 0 unspecified atom stereocenters. The molecule has 2 atom stereocenters. The molecular weight excluding hydrogens is 514 g/mol. The highest BCUT2D eigenvalue weighted by Gasteiger charge is 2.33. The third-order valence-corrected chi connectivity index (χ3v) is 8.46. The Kier molecular flexibility index (Phi) is 8.51. The van der Waals surface area contributed by atoms with E-state index in [4.69, 9.17) is 9.26 Å². The molecule has 1 saturated heterocycles. The highest BCUT2D eigenvalue weighted by atomic mass is 19.2. The summed E-state index contributed by atoms with van der Waals surface area (Å²) in [6.07, 6.45) is 5.89. The number of rotatable bonds is 8. The molecule has 7 nitrogen and oxygen atoms in total. The standard InChI is InChI=1S/C31H38F2N4O3/c1-18-5-14-29(21-6-12-25(32)26(33)15-21)37(18)17-30(38)35-28-16-22(31-19(2)36-40-20(31)3)7-13-27(28)34-23-8-10-24(39-4)11-9-23/h6-7,12-13,15-16,18,23-24,29,34H,5,8-11,14,17H2,1-4H3,(H,35,38)/t18-,23?,24?,29-/m0/s1. The number of likely N-dealkylation sites (tertiary alicyclic amines) is 1. The first-order valence-electron chi connectivity index (χ1n) is 14.1. The molecule has 5 rings (SSSR count). The monoisotopic (exact) mass is 552 g/mol. The lowest BCUT2D eigenvalue weighted by atomic mass is 9.92. The lowest BCUT2D eigenvalue weighted by Gasteiger charge is -2.30. The summed E-state index contributed by atoms with van der Waals surface area (Å²) in [7, 11) is 1.76. The lowest BCUT2D eigenvalue weighted by Crippen LogP contribution is -2.37. The molecule has 2 aromatic carbocycles. The Labute approximate surface area is 234 Å². The number of hydrogen-bond donors (Lipinski definition) is 2. The summed E-state index contributed by atoms with van der Waals surface area (Å²) in [5.41, 5.74) is 4.84. The first-order chi connectivity index (χ1) is 19.2. The minimum atomic E-state index is -0.868. The number of nitrogens with zero attached hydrogens (tertiary/aromatic N) is 2. The van der Waals surface area contributed by atoms with Gasteiger partial charge in [-0.3, -0.25) is 9.69 Å². The average Bonchev–Trinajstić information content (AvgIpc) is 3.47. The van der Waals surface area contributed by atoms with Crippen LogP contribution in [0.1, 0.15) is 68.5 Å². The summed E-state index contributed by atoms with van der Waals surface area (Å²) in [5, 5.41) is 10.9. The van der Waals surface area contributed by atoms with Crippen molar-refractivity contribution in [3.63, 3.8) is 0 Å². The molecule has 1 aliphatic heterocycles. The van der Waals surface area contributed by atoms with Crippen molar-refractivity contribution in [2.75, 3.05) is 24.3 Å². The van der Waals surface area contributed by atoms with Gasteiger partial charge in [0.1, 0.15) is 5.76 Å². The Bertz CT molecular complexity index is 1330. The van der Waals surface area contributed by atoms with E-state index >= 15 is 0 Å². The maximum atomic E-state index is 14.0. The van der Waals surface area contributed by atoms with Crippen LogP contribution in [0.25, 0.3) is 11.1 Å². The molecule has 3 aromatic rings. The number of anilines is 2. The molecule has 1 aromatic heterocycles. The van der Waals surface area contributed by atoms with E-state index in [9.17, 15) is 13.6 Å². The van der Waals surface area contributed by atoms with Crippen LogP contribution in [0.3, 0.4) is 0 Å². The first-order valence-corrected chi connectivity index (χ1v) is 14.1. The van der Waals surface area contributed by atoms with E-state index in [-0.39, 0.29) is 30.6 Å². The van der Waals surface area contributed by atoms with Gasteiger partial charge in [0.2, 0.25) is 5.91 Å². The molecule has 2 aliphatic rings. The van der Waals surface area contributed by atoms with Crippen molar-refractivity contribution in [3.8, 4) is 11.1 Å². The normalized spacial score (nSPS) is 23.4. The minimum Gasteiger partial charge on any atom is -0.381 e. The number of halogens is 2. The van der Waals surface area contributed by atoms with E-state index < -0.39 is 11.6 Å². The van der Waals surface area contributed by atoms with Crippen LogP contribution in [0.2, 0.25) is 0 Å². The zero-order chi connectivity index (χ0) is 28.4. The van der Waals surface area contributed by atoms with Crippen LogP contribution in [-0.4, -0.2) is 47.8 Å². The predicted molar refractivity (Wildman–Crippen MR) is 151 cm³/mol. The van der Waals surface area contributed by atoms with Gasteiger partial charge >= 0.3 is 0 Å². The van der Waals surface area contributed by atoms with Crippen molar-refractivity contribution in [2.24, 2.45) is 0 Å². The number of aryl methyl sites for hydroxylation is 2. The van der Waals surface area contributed by atoms with Gasteiger partial charge in [0.05, 0.1) is 29.7 Å². The van der Waals surface area contributed by atoms with Crippen molar-refractivity contribution < 1.29 is 22.8 Å². The van der Waals surface area contributed by atoms with E-state index in [1.54, 1.807) is 13.2 Å². The summed E-state index contributed by atoms with van der Waals surface area (Å²) in [6, 6.07) is 10.3. The lowest BCUT2D eigenvalue weighted by molar-refractivity contribution is -0.118. The summed E-state index contributed by atoms with van der Waals surface area (Å²) >= 11 is 0. The second kappa shape index (κ2) is 12.1. The Morgan fingerprint density at radius 3 is 2.48 bits per heavy atom.